The van der Waals surface area contributed by atoms with E-state index < -0.39 is 0 Å². The molecule has 1 aliphatic heterocycles. The summed E-state index contributed by atoms with van der Waals surface area (Å²) in [6.07, 6.45) is 3.29. The Hall–Kier alpha value is -1.65. The van der Waals surface area contributed by atoms with Gasteiger partial charge >= 0.3 is 0 Å². The smallest absolute Gasteiger partial charge is 0.164 e. The van der Waals surface area contributed by atoms with Crippen LogP contribution in [0.4, 0.5) is 0 Å². The number of hydrogen-bond acceptors (Lipinski definition) is 4. The summed E-state index contributed by atoms with van der Waals surface area (Å²) in [6, 6.07) is 7.80. The number of rotatable bonds is 8. The van der Waals surface area contributed by atoms with E-state index in [-0.39, 0.29) is 18.0 Å². The van der Waals surface area contributed by atoms with Gasteiger partial charge in [0.15, 0.2) is 5.78 Å². The number of Topliss-reactive ketones (excluding diaryl/α,β-unsaturated/α-hetero) is 1. The predicted molar refractivity (Wildman–Crippen MR) is 80.4 cm³/mol. The second kappa shape index (κ2) is 7.96. The van der Waals surface area contributed by atoms with Gasteiger partial charge in [-0.25, -0.2) is 0 Å². The standard InChI is InChI=1S/C17H22O4/c1-3-14-11-16(18)17(21-14)5-4-10-20-12-13-6-8-15(19-2)9-7-13/h3,6-9,14,17H,1,4-5,10-12H2,2H3/t14-,17+/m1/s1. The quantitative estimate of drug-likeness (QED) is 0.545. The van der Waals surface area contributed by atoms with Gasteiger partial charge in [-0.05, 0) is 30.5 Å². The summed E-state index contributed by atoms with van der Waals surface area (Å²) in [5.74, 6) is 1.02. The van der Waals surface area contributed by atoms with Crippen molar-refractivity contribution in [3.63, 3.8) is 0 Å². The second-order valence-corrected chi connectivity index (χ2v) is 5.11. The lowest BCUT2D eigenvalue weighted by molar-refractivity contribution is -0.122. The molecule has 0 N–H and O–H groups in total. The van der Waals surface area contributed by atoms with Gasteiger partial charge < -0.3 is 14.2 Å². The summed E-state index contributed by atoms with van der Waals surface area (Å²) in [5.41, 5.74) is 1.11. The second-order valence-electron chi connectivity index (χ2n) is 5.11. The number of carbonyl (C=O) groups is 1. The number of hydrogen-bond donors (Lipinski definition) is 0. The van der Waals surface area contributed by atoms with Crippen LogP contribution in [-0.2, 0) is 20.9 Å². The maximum Gasteiger partial charge on any atom is 0.164 e. The van der Waals surface area contributed by atoms with Crippen molar-refractivity contribution in [2.45, 2.75) is 38.1 Å². The van der Waals surface area contributed by atoms with Crippen LogP contribution in [0.2, 0.25) is 0 Å². The Kier molecular flexibility index (Phi) is 5.96. The molecule has 1 aliphatic rings. The minimum Gasteiger partial charge on any atom is -0.497 e. The third-order valence-electron chi connectivity index (χ3n) is 3.55. The lowest BCUT2D eigenvalue weighted by Gasteiger charge is -2.10. The lowest BCUT2D eigenvalue weighted by atomic mass is 10.1. The summed E-state index contributed by atoms with van der Waals surface area (Å²) in [6.45, 7) is 4.85. The molecule has 4 nitrogen and oxygen atoms in total. The lowest BCUT2D eigenvalue weighted by Crippen LogP contribution is -2.16. The average Bonchev–Trinajstić information content (AvgIpc) is 2.88. The predicted octanol–water partition coefficient (Wildman–Crippen LogP) is 2.90. The Bertz CT molecular complexity index is 466. The highest BCUT2D eigenvalue weighted by Gasteiger charge is 2.30. The first-order chi connectivity index (χ1) is 10.2. The maximum atomic E-state index is 11.7. The van der Waals surface area contributed by atoms with Crippen LogP contribution in [0.3, 0.4) is 0 Å². The van der Waals surface area contributed by atoms with Gasteiger partial charge in [-0.15, -0.1) is 6.58 Å². The molecule has 0 unspecified atom stereocenters. The first-order valence-corrected chi connectivity index (χ1v) is 7.24. The number of ether oxygens (including phenoxy) is 3. The molecule has 1 aromatic rings. The number of carbonyl (C=O) groups excluding carboxylic acids is 1. The van der Waals surface area contributed by atoms with Crippen LogP contribution >= 0.6 is 0 Å². The van der Waals surface area contributed by atoms with Crippen LogP contribution in [-0.4, -0.2) is 31.7 Å². The van der Waals surface area contributed by atoms with Gasteiger partial charge in [0.05, 0.1) is 19.8 Å². The fraction of sp³-hybridized carbons (Fsp3) is 0.471. The van der Waals surface area contributed by atoms with Crippen molar-refractivity contribution in [3.8, 4) is 5.75 Å². The molecule has 0 saturated carbocycles. The first-order valence-electron chi connectivity index (χ1n) is 7.24. The molecular weight excluding hydrogens is 268 g/mol. The van der Waals surface area contributed by atoms with E-state index in [2.05, 4.69) is 6.58 Å². The van der Waals surface area contributed by atoms with Crippen LogP contribution in [0.15, 0.2) is 36.9 Å². The van der Waals surface area contributed by atoms with E-state index in [9.17, 15) is 4.79 Å². The van der Waals surface area contributed by atoms with Gasteiger partial charge in [0.1, 0.15) is 11.9 Å². The fourth-order valence-corrected chi connectivity index (χ4v) is 2.32. The Labute approximate surface area is 125 Å². The van der Waals surface area contributed by atoms with Crippen molar-refractivity contribution in [1.29, 1.82) is 0 Å². The van der Waals surface area contributed by atoms with Crippen LogP contribution in [0.5, 0.6) is 5.75 Å². The van der Waals surface area contributed by atoms with E-state index in [0.29, 0.717) is 26.1 Å². The van der Waals surface area contributed by atoms with Gasteiger partial charge in [-0.1, -0.05) is 18.2 Å². The first kappa shape index (κ1) is 15.7. The van der Waals surface area contributed by atoms with Crippen LogP contribution in [0, 0.1) is 0 Å². The Morgan fingerprint density at radius 3 is 2.76 bits per heavy atom. The Balaban J connectivity index is 1.61. The largest absolute Gasteiger partial charge is 0.497 e. The molecule has 0 amide bonds. The zero-order chi connectivity index (χ0) is 15.1. The Morgan fingerprint density at radius 1 is 1.38 bits per heavy atom. The monoisotopic (exact) mass is 290 g/mol. The molecular formula is C17H22O4. The SMILES string of the molecule is C=C[C@@H]1CC(=O)[C@H](CCCOCc2ccc(OC)cc2)O1. The van der Waals surface area contributed by atoms with Crippen LogP contribution in [0.1, 0.15) is 24.8 Å². The van der Waals surface area contributed by atoms with Crippen molar-refractivity contribution < 1.29 is 19.0 Å². The zero-order valence-corrected chi connectivity index (χ0v) is 12.4. The normalized spacial score (nSPS) is 21.5. The van der Waals surface area contributed by atoms with Crippen molar-refractivity contribution in [1.82, 2.24) is 0 Å². The third-order valence-corrected chi connectivity index (χ3v) is 3.55. The van der Waals surface area contributed by atoms with Crippen molar-refractivity contribution in [2.75, 3.05) is 13.7 Å². The number of methoxy groups -OCH3 is 1. The van der Waals surface area contributed by atoms with E-state index in [1.807, 2.05) is 24.3 Å². The van der Waals surface area contributed by atoms with E-state index >= 15 is 0 Å². The molecule has 0 spiro atoms. The zero-order valence-electron chi connectivity index (χ0n) is 12.4. The van der Waals surface area contributed by atoms with Crippen LogP contribution < -0.4 is 4.74 Å². The fourth-order valence-electron chi connectivity index (χ4n) is 2.32. The summed E-state index contributed by atoms with van der Waals surface area (Å²) >= 11 is 0. The topological polar surface area (TPSA) is 44.8 Å². The molecule has 0 aromatic heterocycles. The van der Waals surface area contributed by atoms with Crippen molar-refractivity contribution in [2.24, 2.45) is 0 Å². The minimum absolute atomic E-state index is 0.109. The molecule has 2 atom stereocenters. The third kappa shape index (κ3) is 4.69. The minimum atomic E-state index is -0.280. The molecule has 1 saturated heterocycles. The van der Waals surface area contributed by atoms with Gasteiger partial charge in [0.25, 0.3) is 0 Å². The van der Waals surface area contributed by atoms with Crippen LogP contribution in [0.25, 0.3) is 0 Å². The molecule has 0 radical (unpaired) electrons. The molecule has 1 aromatic carbocycles. The van der Waals surface area contributed by atoms with E-state index in [0.717, 1.165) is 17.7 Å². The van der Waals surface area contributed by atoms with Crippen molar-refractivity contribution in [3.05, 3.63) is 42.5 Å². The molecule has 1 fully saturated rings. The van der Waals surface area contributed by atoms with E-state index in [4.69, 9.17) is 14.2 Å². The summed E-state index contributed by atoms with van der Waals surface area (Å²) < 4.78 is 16.3. The molecule has 21 heavy (non-hydrogen) atoms. The molecule has 0 bridgehead atoms. The van der Waals surface area contributed by atoms with E-state index in [1.165, 1.54) is 0 Å². The van der Waals surface area contributed by atoms with Gasteiger partial charge in [0.2, 0.25) is 0 Å². The highest BCUT2D eigenvalue weighted by Crippen LogP contribution is 2.20. The molecule has 114 valence electrons. The van der Waals surface area contributed by atoms with Crippen molar-refractivity contribution >= 4 is 5.78 Å². The van der Waals surface area contributed by atoms with E-state index in [1.54, 1.807) is 13.2 Å². The Morgan fingerprint density at radius 2 is 2.14 bits per heavy atom. The average molecular weight is 290 g/mol. The summed E-state index contributed by atoms with van der Waals surface area (Å²) in [7, 11) is 1.65. The summed E-state index contributed by atoms with van der Waals surface area (Å²) in [5, 5.41) is 0. The highest BCUT2D eigenvalue weighted by molar-refractivity contribution is 5.85. The van der Waals surface area contributed by atoms with Gasteiger partial charge in [-0.3, -0.25) is 4.79 Å². The maximum absolute atomic E-state index is 11.7. The molecule has 1 heterocycles. The van der Waals surface area contributed by atoms with Gasteiger partial charge in [-0.2, -0.15) is 0 Å². The number of benzene rings is 1. The van der Waals surface area contributed by atoms with Gasteiger partial charge in [0, 0.05) is 13.0 Å². The molecule has 0 aliphatic carbocycles. The molecule has 2 rings (SSSR count). The molecule has 4 heteroatoms. The summed E-state index contributed by atoms with van der Waals surface area (Å²) in [4.78, 5) is 11.7. The highest BCUT2D eigenvalue weighted by atomic mass is 16.5. The number of ketones is 1.